The number of rotatable bonds is 5. The van der Waals surface area contributed by atoms with Gasteiger partial charge >= 0.3 is 6.03 Å². The van der Waals surface area contributed by atoms with Gasteiger partial charge in [-0.3, -0.25) is 0 Å². The van der Waals surface area contributed by atoms with Crippen molar-refractivity contribution in [2.75, 3.05) is 11.9 Å². The van der Waals surface area contributed by atoms with Crippen LogP contribution in [0, 0.1) is 6.92 Å². The minimum Gasteiger partial charge on any atom is -0.396 e. The fourth-order valence-electron chi connectivity index (χ4n) is 2.20. The van der Waals surface area contributed by atoms with Gasteiger partial charge in [0.05, 0.1) is 17.9 Å². The van der Waals surface area contributed by atoms with E-state index in [4.69, 9.17) is 23.2 Å². The second-order valence-corrected chi connectivity index (χ2v) is 6.87. The number of aliphatic hydroxyl groups is 1. The van der Waals surface area contributed by atoms with Crippen LogP contribution < -0.4 is 10.6 Å². The summed E-state index contributed by atoms with van der Waals surface area (Å²) in [5.74, 6) is 0. The molecule has 0 radical (unpaired) electrons. The number of carbonyl (C=O) groups excluding carboxylic acids is 1. The number of halogens is 3. The molecule has 2 rings (SSSR count). The van der Waals surface area contributed by atoms with Crippen LogP contribution in [-0.4, -0.2) is 22.7 Å². The molecule has 1 aromatic heterocycles. The molecular formula is C16H16BrCl2N3O2. The predicted molar refractivity (Wildman–Crippen MR) is 99.7 cm³/mol. The van der Waals surface area contributed by atoms with Crippen LogP contribution in [0.25, 0.3) is 0 Å². The average Bonchev–Trinajstić information content (AvgIpc) is 2.49. The number of amides is 2. The first-order valence-electron chi connectivity index (χ1n) is 7.15. The van der Waals surface area contributed by atoms with Gasteiger partial charge in [-0.05, 0) is 64.7 Å². The van der Waals surface area contributed by atoms with Gasteiger partial charge in [0, 0.05) is 16.7 Å². The van der Waals surface area contributed by atoms with E-state index < -0.39 is 12.1 Å². The molecule has 1 atom stereocenters. The number of nitrogens with one attached hydrogen (secondary N) is 2. The lowest BCUT2D eigenvalue weighted by Crippen LogP contribution is -2.33. The molecule has 3 N–H and O–H groups in total. The summed E-state index contributed by atoms with van der Waals surface area (Å²) in [6.07, 6.45) is 1.90. The first-order valence-corrected chi connectivity index (χ1v) is 8.70. The fourth-order valence-corrected chi connectivity index (χ4v) is 3.19. The largest absolute Gasteiger partial charge is 0.396 e. The van der Waals surface area contributed by atoms with E-state index in [-0.39, 0.29) is 6.61 Å². The molecule has 0 aliphatic rings. The van der Waals surface area contributed by atoms with Crippen LogP contribution in [-0.2, 0) is 0 Å². The minimum absolute atomic E-state index is 0.0893. The Hall–Kier alpha value is -1.34. The first kappa shape index (κ1) is 19.0. The number of carbonyl (C=O) groups is 1. The Labute approximate surface area is 158 Å². The predicted octanol–water partition coefficient (Wildman–Crippen LogP) is 4.70. The molecule has 0 saturated carbocycles. The monoisotopic (exact) mass is 431 g/mol. The molecule has 5 nitrogen and oxygen atoms in total. The van der Waals surface area contributed by atoms with Gasteiger partial charge in [0.25, 0.3) is 0 Å². The highest BCUT2D eigenvalue weighted by Gasteiger charge is 2.16. The molecule has 1 unspecified atom stereocenters. The zero-order valence-electron chi connectivity index (χ0n) is 12.8. The smallest absolute Gasteiger partial charge is 0.319 e. The van der Waals surface area contributed by atoms with Crippen molar-refractivity contribution in [2.24, 2.45) is 0 Å². The Bertz CT molecular complexity index is 723. The maximum Gasteiger partial charge on any atom is 0.319 e. The number of anilines is 1. The Morgan fingerprint density at radius 2 is 1.96 bits per heavy atom. The van der Waals surface area contributed by atoms with Gasteiger partial charge in [-0.1, -0.05) is 23.2 Å². The van der Waals surface area contributed by atoms with Crippen LogP contribution in [0.4, 0.5) is 10.5 Å². The summed E-state index contributed by atoms with van der Waals surface area (Å²) in [4.78, 5) is 16.4. The zero-order chi connectivity index (χ0) is 17.7. The Balaban J connectivity index is 2.13. The number of hydrogen-bond acceptors (Lipinski definition) is 3. The Morgan fingerprint density at radius 3 is 2.54 bits per heavy atom. The number of hydrogen-bond donors (Lipinski definition) is 3. The molecule has 0 saturated heterocycles. The van der Waals surface area contributed by atoms with Crippen LogP contribution in [0.2, 0.25) is 10.0 Å². The molecular weight excluding hydrogens is 417 g/mol. The van der Waals surface area contributed by atoms with Crippen molar-refractivity contribution in [3.8, 4) is 0 Å². The Morgan fingerprint density at radius 1 is 1.29 bits per heavy atom. The molecule has 0 spiro atoms. The zero-order valence-corrected chi connectivity index (χ0v) is 15.9. The SMILES string of the molecule is Cc1cc(Br)ncc1NC(=O)NC(CCO)c1cc(Cl)cc(Cl)c1. The van der Waals surface area contributed by atoms with E-state index in [1.807, 2.05) is 6.92 Å². The third-order valence-electron chi connectivity index (χ3n) is 3.34. The normalized spacial score (nSPS) is 11.9. The van der Waals surface area contributed by atoms with E-state index in [1.54, 1.807) is 30.5 Å². The average molecular weight is 433 g/mol. The first-order chi connectivity index (χ1) is 11.4. The maximum atomic E-state index is 12.3. The molecule has 2 aromatic rings. The molecule has 128 valence electrons. The summed E-state index contributed by atoms with van der Waals surface area (Å²) in [6.45, 7) is 1.78. The third kappa shape index (κ3) is 5.34. The van der Waals surface area contributed by atoms with E-state index >= 15 is 0 Å². The molecule has 0 aliphatic carbocycles. The molecule has 0 fully saturated rings. The Kier molecular flexibility index (Phi) is 6.86. The number of aliphatic hydroxyl groups excluding tert-OH is 1. The second kappa shape index (κ2) is 8.67. The van der Waals surface area contributed by atoms with Crippen LogP contribution in [0.5, 0.6) is 0 Å². The molecule has 1 heterocycles. The van der Waals surface area contributed by atoms with Gasteiger partial charge in [-0.15, -0.1) is 0 Å². The number of aromatic nitrogens is 1. The lowest BCUT2D eigenvalue weighted by atomic mass is 10.0. The van der Waals surface area contributed by atoms with Crippen molar-refractivity contribution in [3.63, 3.8) is 0 Å². The highest BCUT2D eigenvalue weighted by Crippen LogP contribution is 2.25. The number of pyridine rings is 1. The second-order valence-electron chi connectivity index (χ2n) is 5.19. The highest BCUT2D eigenvalue weighted by atomic mass is 79.9. The van der Waals surface area contributed by atoms with Gasteiger partial charge in [0.15, 0.2) is 0 Å². The number of nitrogens with zero attached hydrogens (tertiary/aromatic N) is 1. The van der Waals surface area contributed by atoms with E-state index in [1.165, 1.54) is 0 Å². The van der Waals surface area contributed by atoms with Gasteiger partial charge in [0.1, 0.15) is 4.60 Å². The number of urea groups is 1. The van der Waals surface area contributed by atoms with E-state index in [9.17, 15) is 9.90 Å². The van der Waals surface area contributed by atoms with Crippen molar-refractivity contribution in [1.29, 1.82) is 0 Å². The van der Waals surface area contributed by atoms with Crippen molar-refractivity contribution < 1.29 is 9.90 Å². The van der Waals surface area contributed by atoms with Gasteiger partial charge in [0.2, 0.25) is 0 Å². The van der Waals surface area contributed by atoms with Crippen molar-refractivity contribution in [2.45, 2.75) is 19.4 Å². The summed E-state index contributed by atoms with van der Waals surface area (Å²) < 4.78 is 0.692. The maximum absolute atomic E-state index is 12.3. The third-order valence-corrected chi connectivity index (χ3v) is 4.21. The molecule has 0 aliphatic heterocycles. The van der Waals surface area contributed by atoms with Crippen LogP contribution in [0.15, 0.2) is 35.1 Å². The van der Waals surface area contributed by atoms with Crippen LogP contribution in [0.3, 0.4) is 0 Å². The summed E-state index contributed by atoms with van der Waals surface area (Å²) in [5, 5.41) is 15.8. The van der Waals surface area contributed by atoms with Crippen molar-refractivity contribution in [3.05, 3.63) is 56.2 Å². The van der Waals surface area contributed by atoms with Crippen molar-refractivity contribution in [1.82, 2.24) is 10.3 Å². The van der Waals surface area contributed by atoms with Crippen LogP contribution in [0.1, 0.15) is 23.6 Å². The van der Waals surface area contributed by atoms with Crippen LogP contribution >= 0.6 is 39.1 Å². The summed E-state index contributed by atoms with van der Waals surface area (Å²) >= 11 is 15.3. The van der Waals surface area contributed by atoms with Crippen molar-refractivity contribution >= 4 is 50.9 Å². The van der Waals surface area contributed by atoms with E-state index in [0.717, 1.165) is 11.1 Å². The molecule has 1 aromatic carbocycles. The topological polar surface area (TPSA) is 74.2 Å². The number of aryl methyl sites for hydroxylation is 1. The van der Waals surface area contributed by atoms with E-state index in [0.29, 0.717) is 26.8 Å². The van der Waals surface area contributed by atoms with Gasteiger partial charge in [-0.2, -0.15) is 0 Å². The number of benzene rings is 1. The van der Waals surface area contributed by atoms with E-state index in [2.05, 4.69) is 31.5 Å². The summed E-state index contributed by atoms with van der Waals surface area (Å²) in [6, 6.07) is 6.00. The lowest BCUT2D eigenvalue weighted by Gasteiger charge is -2.19. The minimum atomic E-state index is -0.421. The molecule has 24 heavy (non-hydrogen) atoms. The lowest BCUT2D eigenvalue weighted by molar-refractivity contribution is 0.239. The standard InChI is InChI=1S/C16H16BrCl2N3O2/c1-9-4-15(17)20-8-14(9)22-16(24)21-13(2-3-23)10-5-11(18)7-12(19)6-10/h4-8,13,23H,2-3H2,1H3,(H2,21,22,24). The molecule has 8 heteroatoms. The van der Waals surface area contributed by atoms with Gasteiger partial charge < -0.3 is 15.7 Å². The molecule has 0 bridgehead atoms. The molecule has 2 amide bonds. The highest BCUT2D eigenvalue weighted by molar-refractivity contribution is 9.10. The van der Waals surface area contributed by atoms with Gasteiger partial charge in [-0.25, -0.2) is 9.78 Å². The summed E-state index contributed by atoms with van der Waals surface area (Å²) in [5.41, 5.74) is 2.20. The fraction of sp³-hybridized carbons (Fsp3) is 0.250. The quantitative estimate of drug-likeness (QED) is 0.599. The summed E-state index contributed by atoms with van der Waals surface area (Å²) in [7, 11) is 0.